The minimum Gasteiger partial charge on any atom is -0.126 e. The Hall–Kier alpha value is -1.21. The summed E-state index contributed by atoms with van der Waals surface area (Å²) in [6.07, 6.45) is 1.14. The number of rotatable bonds is 4. The van der Waals surface area contributed by atoms with E-state index in [0.717, 1.165) is 12.2 Å². The molecular formula is C15H16S. The summed E-state index contributed by atoms with van der Waals surface area (Å²) in [6, 6.07) is 19.4. The summed E-state index contributed by atoms with van der Waals surface area (Å²) < 4.78 is 0. The smallest absolute Gasteiger partial charge is 0.00720 e. The van der Waals surface area contributed by atoms with Crippen LogP contribution in [0.4, 0.5) is 0 Å². The maximum Gasteiger partial charge on any atom is 0.00720 e. The van der Waals surface area contributed by atoms with Crippen LogP contribution in [-0.2, 0) is 6.42 Å². The van der Waals surface area contributed by atoms with Gasteiger partial charge in [-0.05, 0) is 31.0 Å². The van der Waals surface area contributed by atoms with Gasteiger partial charge in [-0.3, -0.25) is 0 Å². The van der Waals surface area contributed by atoms with E-state index in [9.17, 15) is 0 Å². The van der Waals surface area contributed by atoms with Gasteiger partial charge in [-0.2, -0.15) is 0 Å². The van der Waals surface area contributed by atoms with Crippen LogP contribution in [0.1, 0.15) is 11.1 Å². The zero-order valence-electron chi connectivity index (χ0n) is 9.52. The van der Waals surface area contributed by atoms with Crippen molar-refractivity contribution in [3.63, 3.8) is 0 Å². The van der Waals surface area contributed by atoms with Crippen molar-refractivity contribution in [3.05, 3.63) is 65.7 Å². The SMILES string of the molecule is Cc1ccc(CCSc2ccccc2)cc1. The first-order valence-corrected chi connectivity index (χ1v) is 6.56. The molecule has 0 spiro atoms. The molecule has 0 amide bonds. The first-order valence-electron chi connectivity index (χ1n) is 5.58. The Balaban J connectivity index is 1.82. The quantitative estimate of drug-likeness (QED) is 0.702. The van der Waals surface area contributed by atoms with Gasteiger partial charge in [0, 0.05) is 10.6 Å². The van der Waals surface area contributed by atoms with Gasteiger partial charge in [-0.15, -0.1) is 11.8 Å². The minimum absolute atomic E-state index is 1.14. The average Bonchev–Trinajstić information content (AvgIpc) is 2.33. The summed E-state index contributed by atoms with van der Waals surface area (Å²) in [5.74, 6) is 1.15. The summed E-state index contributed by atoms with van der Waals surface area (Å²) in [6.45, 7) is 2.13. The van der Waals surface area contributed by atoms with Crippen molar-refractivity contribution in [2.45, 2.75) is 18.2 Å². The van der Waals surface area contributed by atoms with Gasteiger partial charge in [0.05, 0.1) is 0 Å². The van der Waals surface area contributed by atoms with E-state index in [-0.39, 0.29) is 0 Å². The van der Waals surface area contributed by atoms with Crippen molar-refractivity contribution < 1.29 is 0 Å². The van der Waals surface area contributed by atoms with Crippen LogP contribution < -0.4 is 0 Å². The number of aryl methyl sites for hydroxylation is 2. The molecular weight excluding hydrogens is 212 g/mol. The predicted molar refractivity (Wildman–Crippen MR) is 72.0 cm³/mol. The Labute approximate surface area is 102 Å². The molecule has 0 saturated heterocycles. The van der Waals surface area contributed by atoms with Crippen molar-refractivity contribution >= 4 is 11.8 Å². The summed E-state index contributed by atoms with van der Waals surface area (Å²) in [4.78, 5) is 1.36. The third kappa shape index (κ3) is 3.42. The summed E-state index contributed by atoms with van der Waals surface area (Å²) in [5.41, 5.74) is 2.76. The standard InChI is InChI=1S/C15H16S/c1-13-7-9-14(10-8-13)11-12-16-15-5-3-2-4-6-15/h2-10H,11-12H2,1H3. The number of hydrogen-bond donors (Lipinski definition) is 0. The second-order valence-electron chi connectivity index (χ2n) is 3.90. The normalized spacial score (nSPS) is 10.3. The zero-order valence-corrected chi connectivity index (χ0v) is 10.3. The van der Waals surface area contributed by atoms with Crippen LogP contribution in [0.3, 0.4) is 0 Å². The van der Waals surface area contributed by atoms with Crippen LogP contribution in [0.25, 0.3) is 0 Å². The molecule has 0 aliphatic carbocycles. The van der Waals surface area contributed by atoms with Crippen molar-refractivity contribution in [2.75, 3.05) is 5.75 Å². The lowest BCUT2D eigenvalue weighted by molar-refractivity contribution is 1.15. The number of benzene rings is 2. The molecule has 0 unspecified atom stereocenters. The van der Waals surface area contributed by atoms with Crippen molar-refractivity contribution in [2.24, 2.45) is 0 Å². The molecule has 16 heavy (non-hydrogen) atoms. The van der Waals surface area contributed by atoms with Gasteiger partial charge in [0.15, 0.2) is 0 Å². The Morgan fingerprint density at radius 2 is 1.56 bits per heavy atom. The monoisotopic (exact) mass is 228 g/mol. The van der Waals surface area contributed by atoms with Gasteiger partial charge in [0.25, 0.3) is 0 Å². The van der Waals surface area contributed by atoms with Crippen LogP contribution in [0, 0.1) is 6.92 Å². The predicted octanol–water partition coefficient (Wildman–Crippen LogP) is 4.33. The Kier molecular flexibility index (Phi) is 4.06. The van der Waals surface area contributed by atoms with E-state index in [1.807, 2.05) is 11.8 Å². The molecule has 2 aromatic carbocycles. The molecule has 1 heteroatoms. The third-order valence-electron chi connectivity index (χ3n) is 2.52. The summed E-state index contributed by atoms with van der Waals surface area (Å²) in [7, 11) is 0. The molecule has 0 nitrogen and oxygen atoms in total. The molecule has 0 radical (unpaired) electrons. The highest BCUT2D eigenvalue weighted by molar-refractivity contribution is 7.99. The minimum atomic E-state index is 1.14. The van der Waals surface area contributed by atoms with Crippen molar-refractivity contribution in [1.29, 1.82) is 0 Å². The lowest BCUT2D eigenvalue weighted by atomic mass is 10.1. The van der Waals surface area contributed by atoms with Crippen LogP contribution in [0.2, 0.25) is 0 Å². The first-order chi connectivity index (χ1) is 7.84. The molecule has 0 aliphatic rings. The highest BCUT2D eigenvalue weighted by atomic mass is 32.2. The van der Waals surface area contributed by atoms with Crippen molar-refractivity contribution in [1.82, 2.24) is 0 Å². The molecule has 0 saturated carbocycles. The second-order valence-corrected chi connectivity index (χ2v) is 5.07. The third-order valence-corrected chi connectivity index (χ3v) is 3.54. The topological polar surface area (TPSA) is 0 Å². The van der Waals surface area contributed by atoms with Gasteiger partial charge >= 0.3 is 0 Å². The van der Waals surface area contributed by atoms with Crippen LogP contribution >= 0.6 is 11.8 Å². The number of thioether (sulfide) groups is 1. The molecule has 0 aromatic heterocycles. The van der Waals surface area contributed by atoms with E-state index in [4.69, 9.17) is 0 Å². The van der Waals surface area contributed by atoms with E-state index >= 15 is 0 Å². The van der Waals surface area contributed by atoms with E-state index in [0.29, 0.717) is 0 Å². The van der Waals surface area contributed by atoms with E-state index in [1.54, 1.807) is 0 Å². The number of hydrogen-bond acceptors (Lipinski definition) is 1. The fourth-order valence-corrected chi connectivity index (χ4v) is 2.48. The lowest BCUT2D eigenvalue weighted by Crippen LogP contribution is -1.88. The molecule has 82 valence electrons. The molecule has 0 atom stereocenters. The molecule has 2 aromatic rings. The van der Waals surface area contributed by atoms with E-state index < -0.39 is 0 Å². The maximum absolute atomic E-state index is 2.22. The van der Waals surface area contributed by atoms with Gasteiger partial charge < -0.3 is 0 Å². The fourth-order valence-electron chi connectivity index (χ4n) is 1.56. The van der Waals surface area contributed by atoms with E-state index in [2.05, 4.69) is 61.5 Å². The molecule has 0 fully saturated rings. The molecule has 0 N–H and O–H groups in total. The summed E-state index contributed by atoms with van der Waals surface area (Å²) >= 11 is 1.92. The zero-order chi connectivity index (χ0) is 11.2. The molecule has 2 rings (SSSR count). The van der Waals surface area contributed by atoms with Gasteiger partial charge in [0.1, 0.15) is 0 Å². The fraction of sp³-hybridized carbons (Fsp3) is 0.200. The Morgan fingerprint density at radius 3 is 2.25 bits per heavy atom. The first kappa shape index (κ1) is 11.3. The Morgan fingerprint density at radius 1 is 0.875 bits per heavy atom. The van der Waals surface area contributed by atoms with Crippen LogP contribution in [-0.4, -0.2) is 5.75 Å². The molecule has 0 bridgehead atoms. The largest absolute Gasteiger partial charge is 0.126 e. The summed E-state index contributed by atoms with van der Waals surface area (Å²) in [5, 5.41) is 0. The van der Waals surface area contributed by atoms with Gasteiger partial charge in [0.2, 0.25) is 0 Å². The highest BCUT2D eigenvalue weighted by Gasteiger charge is 1.95. The van der Waals surface area contributed by atoms with E-state index in [1.165, 1.54) is 16.0 Å². The maximum atomic E-state index is 2.22. The van der Waals surface area contributed by atoms with Gasteiger partial charge in [-0.1, -0.05) is 48.0 Å². The molecule has 0 aliphatic heterocycles. The Bertz CT molecular complexity index is 417. The molecule has 0 heterocycles. The second kappa shape index (κ2) is 5.76. The lowest BCUT2D eigenvalue weighted by Gasteiger charge is -2.02. The van der Waals surface area contributed by atoms with Crippen LogP contribution in [0.5, 0.6) is 0 Å². The van der Waals surface area contributed by atoms with Crippen LogP contribution in [0.15, 0.2) is 59.5 Å². The van der Waals surface area contributed by atoms with Gasteiger partial charge in [-0.25, -0.2) is 0 Å². The highest BCUT2D eigenvalue weighted by Crippen LogP contribution is 2.18. The average molecular weight is 228 g/mol. The van der Waals surface area contributed by atoms with Crippen molar-refractivity contribution in [3.8, 4) is 0 Å².